The third-order valence-corrected chi connectivity index (χ3v) is 4.34. The standard InChI is InChI=1S/C12H19FO3Si/c1-16-17(14,15)9-4-2-3-6-11-7-5-8-12(13)10-11/h5,7-8,10,14-15H,2-4,6,9H2,1H3. The van der Waals surface area contributed by atoms with Crippen molar-refractivity contribution in [1.29, 1.82) is 0 Å². The van der Waals surface area contributed by atoms with Crippen molar-refractivity contribution in [2.45, 2.75) is 31.7 Å². The quantitative estimate of drug-likeness (QED) is 0.582. The van der Waals surface area contributed by atoms with Crippen LogP contribution >= 0.6 is 0 Å². The molecule has 96 valence electrons. The Morgan fingerprint density at radius 1 is 1.24 bits per heavy atom. The third-order valence-electron chi connectivity index (χ3n) is 2.68. The zero-order chi connectivity index (χ0) is 12.7. The Balaban J connectivity index is 2.17. The average Bonchev–Trinajstić information content (AvgIpc) is 2.29. The van der Waals surface area contributed by atoms with Crippen molar-refractivity contribution in [2.24, 2.45) is 0 Å². The van der Waals surface area contributed by atoms with E-state index < -0.39 is 8.80 Å². The lowest BCUT2D eigenvalue weighted by atomic mass is 10.1. The molecule has 0 aliphatic rings. The largest absolute Gasteiger partial charge is 0.495 e. The number of benzene rings is 1. The monoisotopic (exact) mass is 258 g/mol. The van der Waals surface area contributed by atoms with Crippen LogP contribution < -0.4 is 0 Å². The number of halogens is 1. The molecule has 0 unspecified atom stereocenters. The molecule has 5 heteroatoms. The molecular weight excluding hydrogens is 239 g/mol. The number of hydrogen-bond acceptors (Lipinski definition) is 3. The second-order valence-corrected chi connectivity index (χ2v) is 6.53. The van der Waals surface area contributed by atoms with Crippen LogP contribution in [0.4, 0.5) is 4.39 Å². The van der Waals surface area contributed by atoms with E-state index in [1.807, 2.05) is 6.07 Å². The lowest BCUT2D eigenvalue weighted by molar-refractivity contribution is 0.183. The Kier molecular flexibility index (Phi) is 5.77. The Morgan fingerprint density at radius 2 is 2.00 bits per heavy atom. The first-order chi connectivity index (χ1) is 8.03. The highest BCUT2D eigenvalue weighted by Crippen LogP contribution is 2.13. The van der Waals surface area contributed by atoms with Gasteiger partial charge in [0.2, 0.25) is 0 Å². The molecule has 0 aromatic heterocycles. The molecule has 0 amide bonds. The van der Waals surface area contributed by atoms with Gasteiger partial charge < -0.3 is 14.0 Å². The normalized spacial score (nSPS) is 11.8. The Hall–Kier alpha value is -0.753. The van der Waals surface area contributed by atoms with E-state index in [1.54, 1.807) is 6.07 Å². The van der Waals surface area contributed by atoms with Gasteiger partial charge in [0, 0.05) is 13.2 Å². The molecule has 0 bridgehead atoms. The maximum absolute atomic E-state index is 12.9. The first-order valence-corrected chi connectivity index (χ1v) is 7.79. The van der Waals surface area contributed by atoms with Gasteiger partial charge in [-0.3, -0.25) is 0 Å². The maximum atomic E-state index is 12.9. The highest BCUT2D eigenvalue weighted by molar-refractivity contribution is 6.57. The number of aryl methyl sites for hydroxylation is 1. The van der Waals surface area contributed by atoms with E-state index in [4.69, 9.17) is 0 Å². The maximum Gasteiger partial charge on any atom is 0.495 e. The molecule has 0 radical (unpaired) electrons. The summed E-state index contributed by atoms with van der Waals surface area (Å²) in [4.78, 5) is 18.6. The van der Waals surface area contributed by atoms with Gasteiger partial charge in [-0.15, -0.1) is 0 Å². The molecule has 0 saturated heterocycles. The zero-order valence-corrected chi connectivity index (χ0v) is 11.0. The van der Waals surface area contributed by atoms with Gasteiger partial charge in [0.05, 0.1) is 0 Å². The van der Waals surface area contributed by atoms with Crippen molar-refractivity contribution in [2.75, 3.05) is 7.11 Å². The zero-order valence-electron chi connectivity index (χ0n) is 10.0. The number of unbranched alkanes of at least 4 members (excludes halogenated alkanes) is 2. The fourth-order valence-corrected chi connectivity index (χ4v) is 2.57. The molecule has 0 fully saturated rings. The molecule has 0 aliphatic carbocycles. The minimum atomic E-state index is -3.38. The molecular formula is C12H19FO3Si. The summed E-state index contributed by atoms with van der Waals surface area (Å²) in [5.41, 5.74) is 0.980. The van der Waals surface area contributed by atoms with Gasteiger partial charge >= 0.3 is 8.80 Å². The van der Waals surface area contributed by atoms with Crippen LogP contribution in [0.5, 0.6) is 0 Å². The van der Waals surface area contributed by atoms with Gasteiger partial charge in [0.25, 0.3) is 0 Å². The van der Waals surface area contributed by atoms with Crippen molar-refractivity contribution in [3.8, 4) is 0 Å². The van der Waals surface area contributed by atoms with Gasteiger partial charge in [0.1, 0.15) is 5.82 Å². The van der Waals surface area contributed by atoms with E-state index in [9.17, 15) is 14.0 Å². The van der Waals surface area contributed by atoms with Crippen molar-refractivity contribution < 1.29 is 18.4 Å². The smallest absolute Gasteiger partial charge is 0.390 e. The first-order valence-electron chi connectivity index (χ1n) is 5.78. The average molecular weight is 258 g/mol. The van der Waals surface area contributed by atoms with Crippen LogP contribution in [0.3, 0.4) is 0 Å². The molecule has 0 aliphatic heterocycles. The SMILES string of the molecule is CO[Si](O)(O)CCCCCc1cccc(F)c1. The fraction of sp³-hybridized carbons (Fsp3) is 0.500. The molecule has 17 heavy (non-hydrogen) atoms. The van der Waals surface area contributed by atoms with Crippen LogP contribution in [0.25, 0.3) is 0 Å². The van der Waals surface area contributed by atoms with E-state index in [0.717, 1.165) is 31.2 Å². The second kappa shape index (κ2) is 6.86. The first kappa shape index (κ1) is 14.3. The minimum Gasteiger partial charge on any atom is -0.390 e. The van der Waals surface area contributed by atoms with Gasteiger partial charge in [-0.05, 0) is 37.0 Å². The molecule has 2 N–H and O–H groups in total. The Bertz CT molecular complexity index is 344. The molecule has 0 spiro atoms. The van der Waals surface area contributed by atoms with Crippen molar-refractivity contribution in [3.05, 3.63) is 35.6 Å². The van der Waals surface area contributed by atoms with Crippen LogP contribution in [-0.2, 0) is 10.8 Å². The second-order valence-electron chi connectivity index (χ2n) is 4.14. The van der Waals surface area contributed by atoms with Gasteiger partial charge in [-0.1, -0.05) is 18.6 Å². The van der Waals surface area contributed by atoms with Crippen LogP contribution in [0.2, 0.25) is 6.04 Å². The summed E-state index contributed by atoms with van der Waals surface area (Å²) in [5.74, 6) is -0.209. The van der Waals surface area contributed by atoms with Crippen LogP contribution in [-0.4, -0.2) is 25.5 Å². The van der Waals surface area contributed by atoms with E-state index >= 15 is 0 Å². The van der Waals surface area contributed by atoms with Gasteiger partial charge in [-0.2, -0.15) is 0 Å². The van der Waals surface area contributed by atoms with Gasteiger partial charge in [0.15, 0.2) is 0 Å². The molecule has 0 heterocycles. The number of hydrogen-bond donors (Lipinski definition) is 2. The number of rotatable bonds is 7. The lowest BCUT2D eigenvalue weighted by Gasteiger charge is -2.13. The summed E-state index contributed by atoms with van der Waals surface area (Å²) < 4.78 is 17.5. The van der Waals surface area contributed by atoms with Crippen LogP contribution in [0.15, 0.2) is 24.3 Å². The van der Waals surface area contributed by atoms with Crippen molar-refractivity contribution in [1.82, 2.24) is 0 Å². The van der Waals surface area contributed by atoms with Gasteiger partial charge in [-0.25, -0.2) is 4.39 Å². The van der Waals surface area contributed by atoms with E-state index in [1.165, 1.54) is 19.2 Å². The summed E-state index contributed by atoms with van der Waals surface area (Å²) in [6.45, 7) is 0. The molecule has 3 nitrogen and oxygen atoms in total. The summed E-state index contributed by atoms with van der Waals surface area (Å²) in [6, 6.07) is 6.89. The summed E-state index contributed by atoms with van der Waals surface area (Å²) in [6.07, 6.45) is 3.34. The Morgan fingerprint density at radius 3 is 2.65 bits per heavy atom. The molecule has 0 atom stereocenters. The minimum absolute atomic E-state index is 0.209. The predicted octanol–water partition coefficient (Wildman–Crippen LogP) is 2.11. The topological polar surface area (TPSA) is 49.7 Å². The summed E-state index contributed by atoms with van der Waals surface area (Å²) in [5, 5.41) is 0. The Labute approximate surface area is 102 Å². The van der Waals surface area contributed by atoms with E-state index in [2.05, 4.69) is 4.43 Å². The molecule has 1 rings (SSSR count). The van der Waals surface area contributed by atoms with Crippen molar-refractivity contribution in [3.63, 3.8) is 0 Å². The highest BCUT2D eigenvalue weighted by Gasteiger charge is 2.29. The van der Waals surface area contributed by atoms with Crippen molar-refractivity contribution >= 4 is 8.80 Å². The molecule has 1 aromatic rings. The van der Waals surface area contributed by atoms with E-state index in [0.29, 0.717) is 6.04 Å². The summed E-state index contributed by atoms with van der Waals surface area (Å²) >= 11 is 0. The molecule has 1 aromatic carbocycles. The summed E-state index contributed by atoms with van der Waals surface area (Å²) in [7, 11) is -2.06. The van der Waals surface area contributed by atoms with Crippen LogP contribution in [0.1, 0.15) is 24.8 Å². The predicted molar refractivity (Wildman–Crippen MR) is 66.0 cm³/mol. The molecule has 0 saturated carbocycles. The highest BCUT2D eigenvalue weighted by atomic mass is 28.4. The fourth-order valence-electron chi connectivity index (χ4n) is 1.66. The van der Waals surface area contributed by atoms with Crippen LogP contribution in [0, 0.1) is 5.82 Å². The lowest BCUT2D eigenvalue weighted by Crippen LogP contribution is -2.37. The van der Waals surface area contributed by atoms with E-state index in [-0.39, 0.29) is 5.82 Å². The third kappa shape index (κ3) is 5.93.